The van der Waals surface area contributed by atoms with Gasteiger partial charge in [0.05, 0.1) is 17.1 Å². The number of hydrogen-bond acceptors (Lipinski definition) is 4. The fourth-order valence-corrected chi connectivity index (χ4v) is 1.91. The molecule has 0 radical (unpaired) electrons. The number of nitrogens with two attached hydrogens (primary N) is 1. The van der Waals surface area contributed by atoms with Gasteiger partial charge in [0, 0.05) is 17.1 Å². The van der Waals surface area contributed by atoms with Crippen LogP contribution in [0.2, 0.25) is 0 Å². The van der Waals surface area contributed by atoms with Crippen LogP contribution in [0.4, 0.5) is 21.5 Å². The molecule has 0 bridgehead atoms. The molecule has 0 saturated carbocycles. The molecule has 20 heavy (non-hydrogen) atoms. The van der Waals surface area contributed by atoms with E-state index >= 15 is 0 Å². The lowest BCUT2D eigenvalue weighted by molar-refractivity contribution is 0.0602. The third kappa shape index (κ3) is 3.08. The van der Waals surface area contributed by atoms with E-state index in [2.05, 4.69) is 26.0 Å². The second-order valence-corrected chi connectivity index (χ2v) is 4.90. The number of benzene rings is 2. The Morgan fingerprint density at radius 1 is 1.25 bits per heavy atom. The van der Waals surface area contributed by atoms with Gasteiger partial charge in [0.2, 0.25) is 0 Å². The quantitative estimate of drug-likeness (QED) is 0.661. The van der Waals surface area contributed by atoms with E-state index in [1.807, 2.05) is 0 Å². The maximum Gasteiger partial charge on any atom is 0.340 e. The average molecular weight is 339 g/mol. The molecule has 6 heteroatoms. The first-order valence-corrected chi connectivity index (χ1v) is 6.50. The molecule has 0 aliphatic carbocycles. The SMILES string of the molecule is COC(=O)c1cc(Nc2ccc(Br)c(F)c2)ccc1N. The summed E-state index contributed by atoms with van der Waals surface area (Å²) in [6, 6.07) is 9.49. The van der Waals surface area contributed by atoms with Gasteiger partial charge in [-0.25, -0.2) is 9.18 Å². The Kier molecular flexibility index (Phi) is 4.24. The Bertz CT molecular complexity index is 662. The van der Waals surface area contributed by atoms with Crippen molar-refractivity contribution in [2.24, 2.45) is 0 Å². The lowest BCUT2D eigenvalue weighted by Crippen LogP contribution is -2.06. The Morgan fingerprint density at radius 2 is 1.90 bits per heavy atom. The van der Waals surface area contributed by atoms with E-state index in [-0.39, 0.29) is 11.4 Å². The number of ether oxygens (including phenoxy) is 1. The molecule has 0 heterocycles. The van der Waals surface area contributed by atoms with Crippen LogP contribution in [-0.2, 0) is 4.74 Å². The molecular weight excluding hydrogens is 327 g/mol. The number of halogens is 2. The van der Waals surface area contributed by atoms with E-state index in [9.17, 15) is 9.18 Å². The summed E-state index contributed by atoms with van der Waals surface area (Å²) in [5.41, 5.74) is 7.47. The van der Waals surface area contributed by atoms with Crippen molar-refractivity contribution in [3.63, 3.8) is 0 Å². The van der Waals surface area contributed by atoms with E-state index in [0.29, 0.717) is 21.5 Å². The standard InChI is InChI=1S/C14H12BrFN2O2/c1-20-14(19)10-6-8(3-5-13(10)17)18-9-2-4-11(15)12(16)7-9/h2-7,18H,17H2,1H3. The summed E-state index contributed by atoms with van der Waals surface area (Å²) in [4.78, 5) is 11.5. The third-order valence-corrected chi connectivity index (χ3v) is 3.31. The van der Waals surface area contributed by atoms with E-state index in [1.165, 1.54) is 13.2 Å². The van der Waals surface area contributed by atoms with Crippen molar-refractivity contribution in [3.05, 3.63) is 52.3 Å². The lowest BCUT2D eigenvalue weighted by Gasteiger charge is -2.10. The largest absolute Gasteiger partial charge is 0.465 e. The molecule has 0 atom stereocenters. The zero-order valence-corrected chi connectivity index (χ0v) is 12.2. The van der Waals surface area contributed by atoms with Crippen LogP contribution in [0.1, 0.15) is 10.4 Å². The molecule has 0 aliphatic heterocycles. The Morgan fingerprint density at radius 3 is 2.55 bits per heavy atom. The van der Waals surface area contributed by atoms with Gasteiger partial charge in [-0.3, -0.25) is 0 Å². The fourth-order valence-electron chi connectivity index (χ4n) is 1.66. The number of hydrogen-bond donors (Lipinski definition) is 2. The van der Waals surface area contributed by atoms with Gasteiger partial charge >= 0.3 is 5.97 Å². The number of nitrogen functional groups attached to an aromatic ring is 1. The van der Waals surface area contributed by atoms with Crippen molar-refractivity contribution >= 4 is 39.0 Å². The van der Waals surface area contributed by atoms with Gasteiger partial charge in [0.25, 0.3) is 0 Å². The van der Waals surface area contributed by atoms with E-state index in [0.717, 1.165) is 0 Å². The minimum atomic E-state index is -0.520. The van der Waals surface area contributed by atoms with Gasteiger partial charge in [-0.05, 0) is 52.3 Å². The first-order valence-electron chi connectivity index (χ1n) is 5.71. The molecule has 4 nitrogen and oxygen atoms in total. The molecule has 3 N–H and O–H groups in total. The summed E-state index contributed by atoms with van der Waals surface area (Å²) < 4.78 is 18.5. The Balaban J connectivity index is 2.29. The number of anilines is 3. The van der Waals surface area contributed by atoms with Crippen LogP contribution in [0, 0.1) is 5.82 Å². The predicted molar refractivity (Wildman–Crippen MR) is 79.6 cm³/mol. The second-order valence-electron chi connectivity index (χ2n) is 4.05. The van der Waals surface area contributed by atoms with Crippen molar-refractivity contribution in [1.29, 1.82) is 0 Å². The van der Waals surface area contributed by atoms with E-state index < -0.39 is 5.97 Å². The summed E-state index contributed by atoms with van der Waals surface area (Å²) in [5.74, 6) is -0.897. The summed E-state index contributed by atoms with van der Waals surface area (Å²) in [6.45, 7) is 0. The summed E-state index contributed by atoms with van der Waals surface area (Å²) in [5, 5.41) is 2.99. The molecule has 2 rings (SSSR count). The van der Waals surface area contributed by atoms with Crippen molar-refractivity contribution in [3.8, 4) is 0 Å². The molecule has 2 aromatic carbocycles. The number of carbonyl (C=O) groups is 1. The molecule has 0 spiro atoms. The normalized spacial score (nSPS) is 10.2. The number of esters is 1. The average Bonchev–Trinajstić information content (AvgIpc) is 2.44. The van der Waals surface area contributed by atoms with Crippen molar-refractivity contribution < 1.29 is 13.9 Å². The van der Waals surface area contributed by atoms with Gasteiger partial charge in [-0.2, -0.15) is 0 Å². The molecule has 0 saturated heterocycles. The molecular formula is C14H12BrFN2O2. The smallest absolute Gasteiger partial charge is 0.340 e. The van der Waals surface area contributed by atoms with Crippen molar-refractivity contribution in [2.45, 2.75) is 0 Å². The van der Waals surface area contributed by atoms with Crippen LogP contribution in [0.15, 0.2) is 40.9 Å². The van der Waals surface area contributed by atoms with E-state index in [4.69, 9.17) is 5.73 Å². The van der Waals surface area contributed by atoms with Crippen LogP contribution >= 0.6 is 15.9 Å². The number of nitrogens with one attached hydrogen (secondary N) is 1. The minimum absolute atomic E-state index is 0.259. The number of carbonyl (C=O) groups excluding carboxylic acids is 1. The van der Waals surface area contributed by atoms with Crippen LogP contribution in [0.25, 0.3) is 0 Å². The Hall–Kier alpha value is -2.08. The predicted octanol–water partition coefficient (Wildman–Crippen LogP) is 3.70. The topological polar surface area (TPSA) is 64.3 Å². The van der Waals surface area contributed by atoms with Crippen LogP contribution in [0.3, 0.4) is 0 Å². The van der Waals surface area contributed by atoms with Crippen molar-refractivity contribution in [2.75, 3.05) is 18.2 Å². The van der Waals surface area contributed by atoms with Gasteiger partial charge in [0.1, 0.15) is 5.82 Å². The van der Waals surface area contributed by atoms with Crippen LogP contribution in [-0.4, -0.2) is 13.1 Å². The molecule has 0 unspecified atom stereocenters. The highest BCUT2D eigenvalue weighted by atomic mass is 79.9. The number of methoxy groups -OCH3 is 1. The molecule has 0 aromatic heterocycles. The van der Waals surface area contributed by atoms with Gasteiger partial charge in [-0.1, -0.05) is 0 Å². The molecule has 0 amide bonds. The monoisotopic (exact) mass is 338 g/mol. The number of rotatable bonds is 3. The first kappa shape index (κ1) is 14.3. The minimum Gasteiger partial charge on any atom is -0.465 e. The Labute approximate surface area is 123 Å². The van der Waals surface area contributed by atoms with E-state index in [1.54, 1.807) is 30.3 Å². The van der Waals surface area contributed by atoms with Gasteiger partial charge in [0.15, 0.2) is 0 Å². The van der Waals surface area contributed by atoms with Crippen LogP contribution < -0.4 is 11.1 Å². The highest BCUT2D eigenvalue weighted by Crippen LogP contribution is 2.25. The van der Waals surface area contributed by atoms with Gasteiger partial charge in [-0.15, -0.1) is 0 Å². The molecule has 2 aromatic rings. The third-order valence-electron chi connectivity index (χ3n) is 2.67. The zero-order valence-electron chi connectivity index (χ0n) is 10.6. The molecule has 0 aliphatic rings. The molecule has 0 fully saturated rings. The summed E-state index contributed by atoms with van der Waals surface area (Å²) >= 11 is 3.08. The highest BCUT2D eigenvalue weighted by molar-refractivity contribution is 9.10. The highest BCUT2D eigenvalue weighted by Gasteiger charge is 2.11. The summed E-state index contributed by atoms with van der Waals surface area (Å²) in [7, 11) is 1.28. The second kappa shape index (κ2) is 5.92. The maximum absolute atomic E-state index is 13.4. The fraction of sp³-hybridized carbons (Fsp3) is 0.0714. The zero-order chi connectivity index (χ0) is 14.7. The van der Waals surface area contributed by atoms with Gasteiger partial charge < -0.3 is 15.8 Å². The summed E-state index contributed by atoms with van der Waals surface area (Å²) in [6.07, 6.45) is 0. The van der Waals surface area contributed by atoms with Crippen molar-refractivity contribution in [1.82, 2.24) is 0 Å². The lowest BCUT2D eigenvalue weighted by atomic mass is 10.1. The first-order chi connectivity index (χ1) is 9.51. The molecule has 104 valence electrons. The maximum atomic E-state index is 13.4. The van der Waals surface area contributed by atoms with Crippen LogP contribution in [0.5, 0.6) is 0 Å².